The van der Waals surface area contributed by atoms with Crippen molar-refractivity contribution in [3.63, 3.8) is 0 Å². The highest BCUT2D eigenvalue weighted by Crippen LogP contribution is 2.35. The van der Waals surface area contributed by atoms with E-state index in [1.165, 1.54) is 12.1 Å². The number of aryl methyl sites for hydroxylation is 2. The minimum atomic E-state index is -0.292. The van der Waals surface area contributed by atoms with E-state index in [0.717, 1.165) is 33.3 Å². The van der Waals surface area contributed by atoms with Gasteiger partial charge in [-0.25, -0.2) is 14.4 Å². The summed E-state index contributed by atoms with van der Waals surface area (Å²) in [4.78, 5) is 8.97. The number of rotatable bonds is 4. The fourth-order valence-corrected chi connectivity index (χ4v) is 3.05. The maximum Gasteiger partial charge on any atom is 0.156 e. The molecule has 136 valence electrons. The molecule has 7 heteroatoms. The molecule has 2 heterocycles. The predicted molar refractivity (Wildman–Crippen MR) is 102 cm³/mol. The SMILES string of the molecule is Cc1cc(Nc2nc(CO)nc3c(C)ccc(-c4ccc(F)cc4)c23)n[nH]1. The van der Waals surface area contributed by atoms with Crippen molar-refractivity contribution in [3.05, 3.63) is 65.4 Å². The minimum Gasteiger partial charge on any atom is -0.388 e. The van der Waals surface area contributed by atoms with Crippen molar-refractivity contribution in [1.29, 1.82) is 0 Å². The summed E-state index contributed by atoms with van der Waals surface area (Å²) in [7, 11) is 0. The fraction of sp³-hybridized carbons (Fsp3) is 0.150. The van der Waals surface area contributed by atoms with E-state index in [4.69, 9.17) is 0 Å². The number of H-pyrrole nitrogens is 1. The van der Waals surface area contributed by atoms with Crippen molar-refractivity contribution in [3.8, 4) is 11.1 Å². The maximum absolute atomic E-state index is 13.4. The second-order valence-electron chi connectivity index (χ2n) is 6.37. The molecule has 0 atom stereocenters. The molecule has 0 aliphatic rings. The number of fused-ring (bicyclic) bond motifs is 1. The Hall–Kier alpha value is -3.32. The van der Waals surface area contributed by atoms with Gasteiger partial charge >= 0.3 is 0 Å². The molecule has 0 saturated heterocycles. The van der Waals surface area contributed by atoms with Gasteiger partial charge in [0.1, 0.15) is 18.2 Å². The van der Waals surface area contributed by atoms with Crippen LogP contribution in [0.5, 0.6) is 0 Å². The standard InChI is InChI=1S/C20H18FN5O/c1-11-3-8-15(13-4-6-14(21)7-5-13)18-19(11)22-17(10-27)24-20(18)23-16-9-12(2)25-26-16/h3-9,27H,10H2,1-2H3,(H2,22,23,24,25,26). The monoisotopic (exact) mass is 363 g/mol. The highest BCUT2D eigenvalue weighted by molar-refractivity contribution is 6.03. The molecule has 0 unspecified atom stereocenters. The summed E-state index contributed by atoms with van der Waals surface area (Å²) >= 11 is 0. The second kappa shape index (κ2) is 6.77. The van der Waals surface area contributed by atoms with Crippen LogP contribution in [0.1, 0.15) is 17.1 Å². The quantitative estimate of drug-likeness (QED) is 0.510. The average Bonchev–Trinajstić information content (AvgIpc) is 3.08. The van der Waals surface area contributed by atoms with Crippen LogP contribution < -0.4 is 5.32 Å². The molecule has 2 aromatic heterocycles. The molecule has 6 nitrogen and oxygen atoms in total. The lowest BCUT2D eigenvalue weighted by molar-refractivity contribution is 0.272. The number of benzene rings is 2. The van der Waals surface area contributed by atoms with Crippen molar-refractivity contribution in [1.82, 2.24) is 20.2 Å². The maximum atomic E-state index is 13.4. The fourth-order valence-electron chi connectivity index (χ4n) is 3.05. The summed E-state index contributed by atoms with van der Waals surface area (Å²) in [5, 5.41) is 20.7. The molecule has 0 saturated carbocycles. The minimum absolute atomic E-state index is 0.273. The molecule has 0 amide bonds. The molecule has 0 bridgehead atoms. The van der Waals surface area contributed by atoms with Gasteiger partial charge in [0.2, 0.25) is 0 Å². The predicted octanol–water partition coefficient (Wildman–Crippen LogP) is 4.01. The summed E-state index contributed by atoms with van der Waals surface area (Å²) < 4.78 is 13.4. The zero-order chi connectivity index (χ0) is 19.0. The Bertz CT molecular complexity index is 1120. The number of aromatic nitrogens is 4. The molecule has 3 N–H and O–H groups in total. The van der Waals surface area contributed by atoms with Crippen LogP contribution in [0.2, 0.25) is 0 Å². The zero-order valence-corrected chi connectivity index (χ0v) is 14.9. The van der Waals surface area contributed by atoms with Gasteiger partial charge in [0.05, 0.1) is 10.9 Å². The first-order chi connectivity index (χ1) is 13.0. The largest absolute Gasteiger partial charge is 0.388 e. The van der Waals surface area contributed by atoms with E-state index in [9.17, 15) is 9.50 Å². The Morgan fingerprint density at radius 2 is 1.85 bits per heavy atom. The van der Waals surface area contributed by atoms with Gasteiger partial charge in [0.15, 0.2) is 11.6 Å². The van der Waals surface area contributed by atoms with Crippen LogP contribution in [0.3, 0.4) is 0 Å². The van der Waals surface area contributed by atoms with Crippen molar-refractivity contribution < 1.29 is 9.50 Å². The Kier molecular flexibility index (Phi) is 4.29. The molecule has 0 aliphatic carbocycles. The first kappa shape index (κ1) is 17.1. The van der Waals surface area contributed by atoms with Crippen LogP contribution in [-0.4, -0.2) is 25.3 Å². The smallest absolute Gasteiger partial charge is 0.156 e. The Morgan fingerprint density at radius 3 is 2.52 bits per heavy atom. The number of halogens is 1. The lowest BCUT2D eigenvalue weighted by Gasteiger charge is -2.14. The van der Waals surface area contributed by atoms with Crippen LogP contribution in [0.4, 0.5) is 16.0 Å². The van der Waals surface area contributed by atoms with Gasteiger partial charge in [-0.05, 0) is 42.7 Å². The van der Waals surface area contributed by atoms with E-state index in [2.05, 4.69) is 25.5 Å². The molecule has 4 rings (SSSR count). The van der Waals surface area contributed by atoms with Crippen LogP contribution in [0.25, 0.3) is 22.0 Å². The third kappa shape index (κ3) is 3.24. The highest BCUT2D eigenvalue weighted by atomic mass is 19.1. The third-order valence-corrected chi connectivity index (χ3v) is 4.35. The first-order valence-electron chi connectivity index (χ1n) is 8.51. The first-order valence-corrected chi connectivity index (χ1v) is 8.51. The molecule has 0 fully saturated rings. The number of nitrogens with zero attached hydrogens (tertiary/aromatic N) is 3. The van der Waals surface area contributed by atoms with Crippen molar-refractivity contribution in [2.45, 2.75) is 20.5 Å². The van der Waals surface area contributed by atoms with E-state index < -0.39 is 0 Å². The normalized spacial score (nSPS) is 11.1. The van der Waals surface area contributed by atoms with E-state index in [1.807, 2.05) is 32.0 Å². The van der Waals surface area contributed by atoms with Gasteiger partial charge in [0, 0.05) is 11.8 Å². The molecule has 0 spiro atoms. The van der Waals surface area contributed by atoms with Crippen molar-refractivity contribution >= 4 is 22.5 Å². The van der Waals surface area contributed by atoms with Gasteiger partial charge in [-0.3, -0.25) is 5.10 Å². The molecular formula is C20H18FN5O. The molecule has 0 aliphatic heterocycles. The number of anilines is 2. The Balaban J connectivity index is 1.98. The molecule has 2 aromatic carbocycles. The van der Waals surface area contributed by atoms with E-state index in [0.29, 0.717) is 17.5 Å². The van der Waals surface area contributed by atoms with Gasteiger partial charge < -0.3 is 10.4 Å². The van der Waals surface area contributed by atoms with Crippen LogP contribution >= 0.6 is 0 Å². The summed E-state index contributed by atoms with van der Waals surface area (Å²) in [6.45, 7) is 3.58. The van der Waals surface area contributed by atoms with Gasteiger partial charge in [-0.15, -0.1) is 0 Å². The van der Waals surface area contributed by atoms with E-state index >= 15 is 0 Å². The van der Waals surface area contributed by atoms with Crippen LogP contribution in [-0.2, 0) is 6.61 Å². The molecule has 27 heavy (non-hydrogen) atoms. The number of hydrogen-bond acceptors (Lipinski definition) is 5. The van der Waals surface area contributed by atoms with Crippen molar-refractivity contribution in [2.24, 2.45) is 0 Å². The van der Waals surface area contributed by atoms with Crippen LogP contribution in [0.15, 0.2) is 42.5 Å². The molecule has 4 aromatic rings. The summed E-state index contributed by atoms with van der Waals surface area (Å²) in [6, 6.07) is 12.1. The van der Waals surface area contributed by atoms with Gasteiger partial charge in [0.25, 0.3) is 0 Å². The zero-order valence-electron chi connectivity index (χ0n) is 14.9. The number of aliphatic hydroxyl groups excluding tert-OH is 1. The number of aromatic amines is 1. The number of aliphatic hydroxyl groups is 1. The molecule has 0 radical (unpaired) electrons. The van der Waals surface area contributed by atoms with Gasteiger partial charge in [-0.1, -0.05) is 24.3 Å². The summed E-state index contributed by atoms with van der Waals surface area (Å²) in [5.74, 6) is 1.18. The second-order valence-corrected chi connectivity index (χ2v) is 6.37. The third-order valence-electron chi connectivity index (χ3n) is 4.35. The number of nitrogens with one attached hydrogen (secondary N) is 2. The van der Waals surface area contributed by atoms with Crippen molar-refractivity contribution in [2.75, 3.05) is 5.32 Å². The van der Waals surface area contributed by atoms with Gasteiger partial charge in [-0.2, -0.15) is 5.10 Å². The topological polar surface area (TPSA) is 86.7 Å². The summed E-state index contributed by atoms with van der Waals surface area (Å²) in [5.41, 5.74) is 4.31. The summed E-state index contributed by atoms with van der Waals surface area (Å²) in [6.07, 6.45) is 0. The Morgan fingerprint density at radius 1 is 1.07 bits per heavy atom. The van der Waals surface area contributed by atoms with Crippen LogP contribution in [0, 0.1) is 19.7 Å². The molecular weight excluding hydrogens is 345 g/mol. The highest BCUT2D eigenvalue weighted by Gasteiger charge is 2.16. The lowest BCUT2D eigenvalue weighted by atomic mass is 9.98. The van der Waals surface area contributed by atoms with E-state index in [1.54, 1.807) is 12.1 Å². The number of hydrogen-bond donors (Lipinski definition) is 3. The van der Waals surface area contributed by atoms with E-state index in [-0.39, 0.29) is 12.4 Å². The average molecular weight is 363 g/mol. The Labute approximate surface area is 155 Å². The lowest BCUT2D eigenvalue weighted by Crippen LogP contribution is -2.04.